The second-order valence-electron chi connectivity index (χ2n) is 7.10. The van der Waals surface area contributed by atoms with Crippen LogP contribution in [-0.4, -0.2) is 53.5 Å². The van der Waals surface area contributed by atoms with Gasteiger partial charge in [-0.05, 0) is 25.7 Å². The summed E-state index contributed by atoms with van der Waals surface area (Å²) in [7, 11) is 1.71. The topological polar surface area (TPSA) is 98.7 Å². The van der Waals surface area contributed by atoms with Crippen LogP contribution in [0.25, 0.3) is 0 Å². The molecule has 0 aliphatic carbocycles. The van der Waals surface area contributed by atoms with Crippen LogP contribution in [0.3, 0.4) is 0 Å². The Kier molecular flexibility index (Phi) is 9.61. The van der Waals surface area contributed by atoms with Crippen LogP contribution >= 0.6 is 35.3 Å². The summed E-state index contributed by atoms with van der Waals surface area (Å²) in [5.74, 6) is 0.946. The second-order valence-corrected chi connectivity index (χ2v) is 8.04. The lowest BCUT2D eigenvalue weighted by molar-refractivity contribution is -0.130. The number of halogens is 1. The maximum absolute atomic E-state index is 12.3. The minimum absolute atomic E-state index is 0. The van der Waals surface area contributed by atoms with E-state index in [1.807, 2.05) is 6.92 Å². The van der Waals surface area contributed by atoms with Crippen molar-refractivity contribution >= 4 is 53.2 Å². The van der Waals surface area contributed by atoms with Crippen LogP contribution in [0.5, 0.6) is 0 Å². The lowest BCUT2D eigenvalue weighted by Crippen LogP contribution is -2.43. The number of amides is 3. The number of rotatable bonds is 8. The zero-order valence-corrected chi connectivity index (χ0v) is 20.3. The Hall–Kier alpha value is -1.43. The van der Waals surface area contributed by atoms with Gasteiger partial charge in [-0.1, -0.05) is 20.8 Å². The predicted octanol–water partition coefficient (Wildman–Crippen LogP) is 2.66. The van der Waals surface area contributed by atoms with Gasteiger partial charge in [0.15, 0.2) is 5.96 Å². The van der Waals surface area contributed by atoms with Crippen LogP contribution in [0.2, 0.25) is 0 Å². The molecule has 1 aliphatic rings. The lowest BCUT2D eigenvalue weighted by atomic mass is 9.99. The molecule has 1 saturated heterocycles. The highest BCUT2D eigenvalue weighted by molar-refractivity contribution is 14.0. The van der Waals surface area contributed by atoms with Crippen LogP contribution in [0.4, 0.5) is 4.79 Å². The SMILES string of the molecule is CCC1(C)NC(=O)N(CCCNC(=NC)NCc2nc(C(C)C)cs2)C1=O.I. The first-order chi connectivity index (χ1) is 12.8. The van der Waals surface area contributed by atoms with Crippen molar-refractivity contribution in [1.29, 1.82) is 0 Å². The van der Waals surface area contributed by atoms with Gasteiger partial charge in [0.2, 0.25) is 0 Å². The molecule has 2 rings (SSSR count). The molecule has 2 heterocycles. The van der Waals surface area contributed by atoms with Crippen LogP contribution in [0.15, 0.2) is 10.4 Å². The van der Waals surface area contributed by atoms with E-state index in [1.54, 1.807) is 25.3 Å². The summed E-state index contributed by atoms with van der Waals surface area (Å²) in [5, 5.41) is 12.3. The third-order valence-corrected chi connectivity index (χ3v) is 5.56. The van der Waals surface area contributed by atoms with Crippen molar-refractivity contribution in [3.63, 3.8) is 0 Å². The van der Waals surface area contributed by atoms with Crippen molar-refractivity contribution in [2.45, 2.75) is 58.5 Å². The number of nitrogens with one attached hydrogen (secondary N) is 3. The van der Waals surface area contributed by atoms with E-state index in [2.05, 4.69) is 45.2 Å². The second kappa shape index (κ2) is 10.9. The predicted molar refractivity (Wildman–Crippen MR) is 123 cm³/mol. The van der Waals surface area contributed by atoms with Gasteiger partial charge in [-0.3, -0.25) is 14.7 Å². The molecule has 1 aliphatic heterocycles. The lowest BCUT2D eigenvalue weighted by Gasteiger charge is -2.19. The smallest absolute Gasteiger partial charge is 0.325 e. The highest BCUT2D eigenvalue weighted by Gasteiger charge is 2.45. The van der Waals surface area contributed by atoms with Gasteiger partial charge in [-0.15, -0.1) is 35.3 Å². The molecule has 1 atom stereocenters. The Morgan fingerprint density at radius 2 is 2.11 bits per heavy atom. The van der Waals surface area contributed by atoms with Crippen LogP contribution in [-0.2, 0) is 11.3 Å². The Balaban J connectivity index is 0.00000392. The molecule has 1 aromatic heterocycles. The molecular weight excluding hydrogens is 491 g/mol. The number of carbonyl (C=O) groups excluding carboxylic acids is 2. The van der Waals surface area contributed by atoms with E-state index >= 15 is 0 Å². The van der Waals surface area contributed by atoms with Gasteiger partial charge in [0.25, 0.3) is 5.91 Å². The number of guanidine groups is 1. The average molecular weight is 522 g/mol. The highest BCUT2D eigenvalue weighted by atomic mass is 127. The quantitative estimate of drug-likeness (QED) is 0.160. The Labute approximate surface area is 188 Å². The molecule has 0 radical (unpaired) electrons. The van der Waals surface area contributed by atoms with Crippen molar-refractivity contribution in [1.82, 2.24) is 25.8 Å². The third-order valence-electron chi connectivity index (χ3n) is 4.69. The molecule has 8 nitrogen and oxygen atoms in total. The molecule has 0 bridgehead atoms. The zero-order chi connectivity index (χ0) is 20.0. The number of thiazole rings is 1. The summed E-state index contributed by atoms with van der Waals surface area (Å²) >= 11 is 1.63. The number of hydrogen-bond donors (Lipinski definition) is 3. The van der Waals surface area contributed by atoms with Gasteiger partial charge in [-0.25, -0.2) is 9.78 Å². The monoisotopic (exact) mass is 522 g/mol. The van der Waals surface area contributed by atoms with E-state index in [0.29, 0.717) is 44.4 Å². The molecule has 28 heavy (non-hydrogen) atoms. The maximum atomic E-state index is 12.3. The fourth-order valence-corrected chi connectivity index (χ4v) is 3.58. The molecule has 1 unspecified atom stereocenters. The van der Waals surface area contributed by atoms with E-state index in [4.69, 9.17) is 0 Å². The number of imide groups is 1. The van der Waals surface area contributed by atoms with E-state index in [9.17, 15) is 9.59 Å². The average Bonchev–Trinajstić information content (AvgIpc) is 3.19. The van der Waals surface area contributed by atoms with Crippen molar-refractivity contribution in [3.05, 3.63) is 16.1 Å². The van der Waals surface area contributed by atoms with Crippen molar-refractivity contribution < 1.29 is 9.59 Å². The molecule has 3 amide bonds. The summed E-state index contributed by atoms with van der Waals surface area (Å²) in [6.07, 6.45) is 1.23. The molecular formula is C18H31IN6O2S. The summed E-state index contributed by atoms with van der Waals surface area (Å²) in [6, 6.07) is -0.309. The van der Waals surface area contributed by atoms with E-state index < -0.39 is 5.54 Å². The normalized spacial score (nSPS) is 19.6. The largest absolute Gasteiger partial charge is 0.356 e. The van der Waals surface area contributed by atoms with Gasteiger partial charge >= 0.3 is 6.03 Å². The minimum atomic E-state index is -0.773. The third kappa shape index (κ3) is 6.03. The first-order valence-electron chi connectivity index (χ1n) is 9.33. The molecule has 158 valence electrons. The zero-order valence-electron chi connectivity index (χ0n) is 17.2. The molecule has 0 spiro atoms. The van der Waals surface area contributed by atoms with Crippen molar-refractivity contribution in [2.24, 2.45) is 4.99 Å². The van der Waals surface area contributed by atoms with Gasteiger partial charge in [0, 0.05) is 25.5 Å². The number of aromatic nitrogens is 1. The first kappa shape index (κ1) is 24.6. The fraction of sp³-hybridized carbons (Fsp3) is 0.667. The molecule has 1 fully saturated rings. The molecule has 0 aromatic carbocycles. The standard InChI is InChI=1S/C18H30N6O2S.HI/c1-6-18(4)15(25)24(17(26)23-18)9-7-8-20-16(19-5)21-10-14-22-13(11-27-14)12(2)3;/h11-12H,6-10H2,1-5H3,(H,23,26)(H2,19,20,21);1H. The molecule has 3 N–H and O–H groups in total. The van der Waals surface area contributed by atoms with Gasteiger partial charge in [-0.2, -0.15) is 0 Å². The van der Waals surface area contributed by atoms with Crippen molar-refractivity contribution in [2.75, 3.05) is 20.1 Å². The number of urea groups is 1. The Morgan fingerprint density at radius 3 is 2.64 bits per heavy atom. The summed E-state index contributed by atoms with van der Waals surface area (Å²) in [6.45, 7) is 9.51. The fourth-order valence-electron chi connectivity index (χ4n) is 2.69. The minimum Gasteiger partial charge on any atom is -0.356 e. The Bertz CT molecular complexity index is 708. The first-order valence-corrected chi connectivity index (χ1v) is 10.2. The number of carbonyl (C=O) groups is 2. The van der Waals surface area contributed by atoms with Crippen molar-refractivity contribution in [3.8, 4) is 0 Å². The highest BCUT2D eigenvalue weighted by Crippen LogP contribution is 2.20. The van der Waals surface area contributed by atoms with Gasteiger partial charge in [0.1, 0.15) is 10.5 Å². The van der Waals surface area contributed by atoms with E-state index in [-0.39, 0.29) is 35.9 Å². The van der Waals surface area contributed by atoms with Gasteiger partial charge in [0.05, 0.1) is 12.2 Å². The number of hydrogen-bond acceptors (Lipinski definition) is 5. The summed E-state index contributed by atoms with van der Waals surface area (Å²) in [4.78, 5) is 34.4. The van der Waals surface area contributed by atoms with Crippen LogP contribution < -0.4 is 16.0 Å². The van der Waals surface area contributed by atoms with E-state index in [0.717, 1.165) is 10.7 Å². The maximum Gasteiger partial charge on any atom is 0.325 e. The summed E-state index contributed by atoms with van der Waals surface area (Å²) in [5.41, 5.74) is 0.331. The molecule has 1 aromatic rings. The van der Waals surface area contributed by atoms with E-state index in [1.165, 1.54) is 4.90 Å². The Morgan fingerprint density at radius 1 is 1.39 bits per heavy atom. The molecule has 10 heteroatoms. The van der Waals surface area contributed by atoms with Crippen LogP contribution in [0.1, 0.15) is 57.2 Å². The molecule has 0 saturated carbocycles. The van der Waals surface area contributed by atoms with Gasteiger partial charge < -0.3 is 16.0 Å². The summed E-state index contributed by atoms with van der Waals surface area (Å²) < 4.78 is 0. The number of aliphatic imine (C=N–C) groups is 1. The number of nitrogens with zero attached hydrogens (tertiary/aromatic N) is 3. The van der Waals surface area contributed by atoms with Crippen LogP contribution in [0, 0.1) is 0 Å².